The highest BCUT2D eigenvalue weighted by atomic mass is 19.1. The Kier molecular flexibility index (Phi) is 3.61. The van der Waals surface area contributed by atoms with Crippen molar-refractivity contribution in [3.63, 3.8) is 0 Å². The van der Waals surface area contributed by atoms with Crippen LogP contribution >= 0.6 is 0 Å². The van der Waals surface area contributed by atoms with Gasteiger partial charge in [0.15, 0.2) is 0 Å². The predicted octanol–water partition coefficient (Wildman–Crippen LogP) is 3.53. The van der Waals surface area contributed by atoms with Gasteiger partial charge in [-0.2, -0.15) is 0 Å². The lowest BCUT2D eigenvalue weighted by atomic mass is 10.3. The zero-order valence-corrected chi connectivity index (χ0v) is 10.00. The van der Waals surface area contributed by atoms with E-state index in [1.807, 2.05) is 0 Å². The molecule has 2 aromatic carbocycles. The topological polar surface area (TPSA) is 61.6 Å². The van der Waals surface area contributed by atoms with Gasteiger partial charge in [-0.1, -0.05) is 6.07 Å². The highest BCUT2D eigenvalue weighted by Crippen LogP contribution is 2.32. The molecule has 0 heterocycles. The summed E-state index contributed by atoms with van der Waals surface area (Å²) in [6.07, 6.45) is 0. The number of halogens is 1. The van der Waals surface area contributed by atoms with Crippen molar-refractivity contribution < 1.29 is 18.8 Å². The average molecular weight is 263 g/mol. The molecule has 0 saturated carbocycles. The summed E-state index contributed by atoms with van der Waals surface area (Å²) in [6, 6.07) is 9.73. The summed E-state index contributed by atoms with van der Waals surface area (Å²) < 4.78 is 23.4. The Morgan fingerprint density at radius 1 is 1.16 bits per heavy atom. The molecule has 2 aromatic rings. The zero-order chi connectivity index (χ0) is 13.8. The monoisotopic (exact) mass is 263 g/mol. The van der Waals surface area contributed by atoms with Crippen molar-refractivity contribution in [1.29, 1.82) is 0 Å². The third-order valence-corrected chi connectivity index (χ3v) is 2.39. The summed E-state index contributed by atoms with van der Waals surface area (Å²) in [5.74, 6) is 0.209. The summed E-state index contributed by atoms with van der Waals surface area (Å²) >= 11 is 0. The van der Waals surface area contributed by atoms with Gasteiger partial charge in [-0.05, 0) is 24.3 Å². The molecule has 0 saturated heterocycles. The van der Waals surface area contributed by atoms with Crippen LogP contribution in [0.4, 0.5) is 10.1 Å². The molecule has 0 fully saturated rings. The number of benzene rings is 2. The molecule has 98 valence electrons. The standard InChI is InChI=1S/C13H10FNO4/c1-18-10-3-2-4-11(8-10)19-13-6-5-9(14)7-12(13)15(16)17/h2-8H,1H3. The Balaban J connectivity index is 2.34. The van der Waals surface area contributed by atoms with Crippen LogP contribution in [0, 0.1) is 15.9 Å². The minimum atomic E-state index is -0.696. The van der Waals surface area contributed by atoms with Crippen molar-refractivity contribution in [2.45, 2.75) is 0 Å². The average Bonchev–Trinajstić information content (AvgIpc) is 2.41. The summed E-state index contributed by atoms with van der Waals surface area (Å²) in [6.45, 7) is 0. The maximum atomic E-state index is 13.0. The number of methoxy groups -OCH3 is 1. The van der Waals surface area contributed by atoms with Gasteiger partial charge in [-0.3, -0.25) is 10.1 Å². The molecule has 0 N–H and O–H groups in total. The molecule has 19 heavy (non-hydrogen) atoms. The molecule has 0 aliphatic carbocycles. The Morgan fingerprint density at radius 2 is 1.89 bits per heavy atom. The van der Waals surface area contributed by atoms with Crippen LogP contribution in [0.3, 0.4) is 0 Å². The lowest BCUT2D eigenvalue weighted by molar-refractivity contribution is -0.385. The van der Waals surface area contributed by atoms with E-state index in [1.165, 1.54) is 13.2 Å². The molecule has 0 aliphatic rings. The van der Waals surface area contributed by atoms with Crippen LogP contribution in [0.2, 0.25) is 0 Å². The van der Waals surface area contributed by atoms with Crippen LogP contribution in [0.15, 0.2) is 42.5 Å². The van der Waals surface area contributed by atoms with Gasteiger partial charge < -0.3 is 9.47 Å². The van der Waals surface area contributed by atoms with Crippen molar-refractivity contribution in [3.05, 3.63) is 58.4 Å². The minimum absolute atomic E-state index is 0.0281. The lowest BCUT2D eigenvalue weighted by Gasteiger charge is -2.07. The van der Waals surface area contributed by atoms with Crippen molar-refractivity contribution in [2.75, 3.05) is 7.11 Å². The fraction of sp³-hybridized carbons (Fsp3) is 0.0769. The van der Waals surface area contributed by atoms with Gasteiger partial charge in [0.2, 0.25) is 5.75 Å². The van der Waals surface area contributed by atoms with Crippen molar-refractivity contribution in [3.8, 4) is 17.2 Å². The molecule has 5 nitrogen and oxygen atoms in total. The fourth-order valence-corrected chi connectivity index (χ4v) is 1.51. The smallest absolute Gasteiger partial charge is 0.314 e. The molecule has 0 aromatic heterocycles. The van der Waals surface area contributed by atoms with E-state index in [2.05, 4.69) is 0 Å². The minimum Gasteiger partial charge on any atom is -0.497 e. The second kappa shape index (κ2) is 5.34. The van der Waals surface area contributed by atoms with Gasteiger partial charge in [-0.15, -0.1) is 0 Å². The second-order valence-corrected chi connectivity index (χ2v) is 3.65. The predicted molar refractivity (Wildman–Crippen MR) is 66.1 cm³/mol. The first kappa shape index (κ1) is 12.8. The fourth-order valence-electron chi connectivity index (χ4n) is 1.51. The van der Waals surface area contributed by atoms with E-state index in [0.717, 1.165) is 12.1 Å². The first-order chi connectivity index (χ1) is 9.10. The highest BCUT2D eigenvalue weighted by molar-refractivity contribution is 5.49. The van der Waals surface area contributed by atoms with Gasteiger partial charge >= 0.3 is 5.69 Å². The molecular weight excluding hydrogens is 253 g/mol. The lowest BCUT2D eigenvalue weighted by Crippen LogP contribution is -1.94. The van der Waals surface area contributed by atoms with E-state index in [9.17, 15) is 14.5 Å². The molecule has 0 amide bonds. The Labute approximate surface area is 108 Å². The quantitative estimate of drug-likeness (QED) is 0.625. The Hall–Kier alpha value is -2.63. The van der Waals surface area contributed by atoms with Gasteiger partial charge in [0.1, 0.15) is 17.3 Å². The summed E-state index contributed by atoms with van der Waals surface area (Å²) in [4.78, 5) is 10.1. The SMILES string of the molecule is COc1cccc(Oc2ccc(F)cc2[N+](=O)[O-])c1. The van der Waals surface area contributed by atoms with Crippen LogP contribution in [-0.2, 0) is 0 Å². The van der Waals surface area contributed by atoms with E-state index in [0.29, 0.717) is 11.5 Å². The normalized spacial score (nSPS) is 10.0. The third-order valence-electron chi connectivity index (χ3n) is 2.39. The molecule has 0 radical (unpaired) electrons. The highest BCUT2D eigenvalue weighted by Gasteiger charge is 2.17. The molecule has 0 spiro atoms. The molecule has 2 rings (SSSR count). The van der Waals surface area contributed by atoms with Crippen LogP contribution in [0.1, 0.15) is 0 Å². The zero-order valence-electron chi connectivity index (χ0n) is 10.00. The van der Waals surface area contributed by atoms with E-state index in [-0.39, 0.29) is 5.75 Å². The Morgan fingerprint density at radius 3 is 2.58 bits per heavy atom. The van der Waals surface area contributed by atoms with Gasteiger partial charge in [-0.25, -0.2) is 4.39 Å². The molecule has 6 heteroatoms. The van der Waals surface area contributed by atoms with Gasteiger partial charge in [0.25, 0.3) is 0 Å². The first-order valence-electron chi connectivity index (χ1n) is 5.36. The van der Waals surface area contributed by atoms with E-state index >= 15 is 0 Å². The molecular formula is C13H10FNO4. The first-order valence-corrected chi connectivity index (χ1v) is 5.36. The van der Waals surface area contributed by atoms with Gasteiger partial charge in [0.05, 0.1) is 18.1 Å². The summed E-state index contributed by atoms with van der Waals surface area (Å²) in [7, 11) is 1.50. The number of nitro benzene ring substituents is 1. The number of hydrogen-bond acceptors (Lipinski definition) is 4. The summed E-state index contributed by atoms with van der Waals surface area (Å²) in [5.41, 5.74) is -0.428. The molecule has 0 bridgehead atoms. The maximum absolute atomic E-state index is 13.0. The number of ether oxygens (including phenoxy) is 2. The second-order valence-electron chi connectivity index (χ2n) is 3.65. The Bertz CT molecular complexity index is 615. The van der Waals surface area contributed by atoms with Gasteiger partial charge in [0, 0.05) is 6.07 Å². The van der Waals surface area contributed by atoms with E-state index in [4.69, 9.17) is 9.47 Å². The number of nitrogens with zero attached hydrogens (tertiary/aromatic N) is 1. The van der Waals surface area contributed by atoms with E-state index < -0.39 is 16.4 Å². The molecule has 0 aliphatic heterocycles. The van der Waals surface area contributed by atoms with Crippen LogP contribution < -0.4 is 9.47 Å². The summed E-state index contributed by atoms with van der Waals surface area (Å²) in [5, 5.41) is 10.8. The van der Waals surface area contributed by atoms with E-state index in [1.54, 1.807) is 24.3 Å². The third kappa shape index (κ3) is 2.98. The molecule has 0 atom stereocenters. The molecule has 0 unspecified atom stereocenters. The van der Waals surface area contributed by atoms with Crippen molar-refractivity contribution in [1.82, 2.24) is 0 Å². The van der Waals surface area contributed by atoms with Crippen molar-refractivity contribution >= 4 is 5.69 Å². The van der Waals surface area contributed by atoms with Crippen LogP contribution in [-0.4, -0.2) is 12.0 Å². The number of nitro groups is 1. The van der Waals surface area contributed by atoms with Crippen LogP contribution in [0.25, 0.3) is 0 Å². The largest absolute Gasteiger partial charge is 0.497 e. The number of rotatable bonds is 4. The van der Waals surface area contributed by atoms with Crippen LogP contribution in [0.5, 0.6) is 17.2 Å². The number of hydrogen-bond donors (Lipinski definition) is 0. The van der Waals surface area contributed by atoms with Crippen molar-refractivity contribution in [2.24, 2.45) is 0 Å². The maximum Gasteiger partial charge on any atom is 0.314 e.